The maximum absolute atomic E-state index is 13.3. The Kier molecular flexibility index (Phi) is 3.04. The molecule has 0 aliphatic heterocycles. The summed E-state index contributed by atoms with van der Waals surface area (Å²) in [5.41, 5.74) is 1.77. The van der Waals surface area contributed by atoms with Crippen molar-refractivity contribution in [1.29, 1.82) is 0 Å². The third-order valence-corrected chi connectivity index (χ3v) is 2.95. The molecule has 1 N–H and O–H groups in total. The zero-order valence-corrected chi connectivity index (χ0v) is 10.4. The Hall–Kier alpha value is -0.910. The van der Waals surface area contributed by atoms with E-state index in [2.05, 4.69) is 32.9 Å². The van der Waals surface area contributed by atoms with Crippen LogP contribution >= 0.6 is 22.6 Å². The number of anilines is 1. The quantitative estimate of drug-likeness (QED) is 0.859. The average Bonchev–Trinajstić information content (AvgIpc) is 2.19. The molecule has 2 aromatic rings. The summed E-state index contributed by atoms with van der Waals surface area (Å²) in [6.45, 7) is 2.82. The first-order valence-corrected chi connectivity index (χ1v) is 5.78. The molecule has 15 heavy (non-hydrogen) atoms. The number of benzene rings is 1. The van der Waals surface area contributed by atoms with Crippen LogP contribution in [0.15, 0.2) is 24.4 Å². The number of fused-ring (bicyclic) bond motifs is 1. The Morgan fingerprint density at radius 1 is 1.47 bits per heavy atom. The molecule has 0 radical (unpaired) electrons. The predicted octanol–water partition coefficient (Wildman–Crippen LogP) is 3.41. The van der Waals surface area contributed by atoms with Gasteiger partial charge in [-0.05, 0) is 47.7 Å². The third kappa shape index (κ3) is 2.04. The Morgan fingerprint density at radius 3 is 3.00 bits per heavy atom. The van der Waals surface area contributed by atoms with Gasteiger partial charge in [0.2, 0.25) is 0 Å². The number of nitrogens with zero attached hydrogens (tertiary/aromatic N) is 1. The molecule has 0 aliphatic carbocycles. The van der Waals surface area contributed by atoms with Crippen LogP contribution in [0, 0.1) is 9.39 Å². The first-order chi connectivity index (χ1) is 7.22. The van der Waals surface area contributed by atoms with Crippen molar-refractivity contribution >= 4 is 39.2 Å². The van der Waals surface area contributed by atoms with Crippen LogP contribution in [0.2, 0.25) is 0 Å². The van der Waals surface area contributed by atoms with Gasteiger partial charge in [-0.15, -0.1) is 0 Å². The van der Waals surface area contributed by atoms with Gasteiger partial charge in [-0.25, -0.2) is 4.39 Å². The lowest BCUT2D eigenvalue weighted by atomic mass is 10.2. The molecule has 0 amide bonds. The Morgan fingerprint density at radius 2 is 2.27 bits per heavy atom. The van der Waals surface area contributed by atoms with Crippen molar-refractivity contribution in [1.82, 2.24) is 4.98 Å². The maximum Gasteiger partial charge on any atom is 0.125 e. The second-order valence-electron chi connectivity index (χ2n) is 3.17. The van der Waals surface area contributed by atoms with Gasteiger partial charge in [-0.1, -0.05) is 0 Å². The molecule has 2 nitrogen and oxygen atoms in total. The van der Waals surface area contributed by atoms with E-state index in [4.69, 9.17) is 0 Å². The predicted molar refractivity (Wildman–Crippen MR) is 68.6 cm³/mol. The maximum atomic E-state index is 13.3. The summed E-state index contributed by atoms with van der Waals surface area (Å²) >= 11 is 2.10. The number of rotatable bonds is 2. The van der Waals surface area contributed by atoms with E-state index in [0.717, 1.165) is 26.7 Å². The molecule has 1 aromatic heterocycles. The molecule has 0 atom stereocenters. The first-order valence-electron chi connectivity index (χ1n) is 4.70. The van der Waals surface area contributed by atoms with Crippen LogP contribution in [0.1, 0.15) is 6.92 Å². The molecular weight excluding hydrogens is 306 g/mol. The largest absolute Gasteiger partial charge is 0.385 e. The van der Waals surface area contributed by atoms with E-state index in [1.807, 2.05) is 13.0 Å². The van der Waals surface area contributed by atoms with Crippen LogP contribution in [0.3, 0.4) is 0 Å². The van der Waals surface area contributed by atoms with Crippen LogP contribution in [0.5, 0.6) is 0 Å². The monoisotopic (exact) mass is 316 g/mol. The summed E-state index contributed by atoms with van der Waals surface area (Å²) in [4.78, 5) is 4.25. The molecule has 2 rings (SSSR count). The second-order valence-corrected chi connectivity index (χ2v) is 4.33. The van der Waals surface area contributed by atoms with Crippen molar-refractivity contribution in [3.63, 3.8) is 0 Å². The van der Waals surface area contributed by atoms with E-state index in [0.29, 0.717) is 0 Å². The Labute approximate surface area is 101 Å². The van der Waals surface area contributed by atoms with E-state index in [9.17, 15) is 4.39 Å². The number of pyridine rings is 1. The topological polar surface area (TPSA) is 24.9 Å². The minimum Gasteiger partial charge on any atom is -0.385 e. The van der Waals surface area contributed by atoms with Gasteiger partial charge in [0.25, 0.3) is 0 Å². The number of nitrogens with one attached hydrogen (secondary N) is 1. The molecule has 0 fully saturated rings. The number of aromatic nitrogens is 1. The van der Waals surface area contributed by atoms with Crippen molar-refractivity contribution in [3.05, 3.63) is 33.8 Å². The average molecular weight is 316 g/mol. The molecule has 4 heteroatoms. The molecule has 0 bridgehead atoms. The highest BCUT2D eigenvalue weighted by atomic mass is 127. The van der Waals surface area contributed by atoms with Crippen molar-refractivity contribution in [2.45, 2.75) is 6.92 Å². The first kappa shape index (κ1) is 10.6. The number of halogens is 2. The number of hydrogen-bond acceptors (Lipinski definition) is 2. The van der Waals surface area contributed by atoms with Crippen LogP contribution in [0.25, 0.3) is 10.9 Å². The third-order valence-electron chi connectivity index (χ3n) is 2.13. The summed E-state index contributed by atoms with van der Waals surface area (Å²) in [7, 11) is 0. The second kappa shape index (κ2) is 4.30. The molecule has 0 aliphatic rings. The van der Waals surface area contributed by atoms with Gasteiger partial charge >= 0.3 is 0 Å². The lowest BCUT2D eigenvalue weighted by molar-refractivity contribution is 0.629. The summed E-state index contributed by atoms with van der Waals surface area (Å²) in [6, 6.07) is 4.87. The van der Waals surface area contributed by atoms with Gasteiger partial charge in [0, 0.05) is 27.4 Å². The van der Waals surface area contributed by atoms with E-state index >= 15 is 0 Å². The van der Waals surface area contributed by atoms with E-state index in [1.165, 1.54) is 12.1 Å². The van der Waals surface area contributed by atoms with Crippen molar-refractivity contribution in [2.24, 2.45) is 0 Å². The normalized spacial score (nSPS) is 10.6. The molecule has 0 saturated carbocycles. The summed E-state index contributed by atoms with van der Waals surface area (Å²) in [5, 5.41) is 4.03. The fourth-order valence-electron chi connectivity index (χ4n) is 1.52. The standard InChI is InChI=1S/C11H10FIN2/c1-2-14-10-3-4-15-11-8(10)5-7(12)6-9(11)13/h3-6H,2H2,1H3,(H,14,15). The lowest BCUT2D eigenvalue weighted by Gasteiger charge is -2.08. The van der Waals surface area contributed by atoms with Crippen LogP contribution in [-0.4, -0.2) is 11.5 Å². The molecule has 0 saturated heterocycles. The van der Waals surface area contributed by atoms with E-state index in [1.54, 1.807) is 6.20 Å². The van der Waals surface area contributed by atoms with Gasteiger partial charge < -0.3 is 5.32 Å². The summed E-state index contributed by atoms with van der Waals surface area (Å²) in [5.74, 6) is -0.223. The van der Waals surface area contributed by atoms with Crippen LogP contribution in [-0.2, 0) is 0 Å². The van der Waals surface area contributed by atoms with Gasteiger partial charge in [-0.3, -0.25) is 4.98 Å². The van der Waals surface area contributed by atoms with Gasteiger partial charge in [-0.2, -0.15) is 0 Å². The number of hydrogen-bond donors (Lipinski definition) is 1. The minimum atomic E-state index is -0.223. The van der Waals surface area contributed by atoms with Crippen molar-refractivity contribution < 1.29 is 4.39 Å². The van der Waals surface area contributed by atoms with Gasteiger partial charge in [0.1, 0.15) is 5.82 Å². The van der Waals surface area contributed by atoms with Crippen LogP contribution in [0.4, 0.5) is 10.1 Å². The summed E-state index contributed by atoms with van der Waals surface area (Å²) in [6.07, 6.45) is 1.74. The highest BCUT2D eigenvalue weighted by Gasteiger charge is 2.06. The van der Waals surface area contributed by atoms with Gasteiger partial charge in [0.15, 0.2) is 0 Å². The molecule has 78 valence electrons. The Bertz CT molecular complexity index is 499. The fraction of sp³-hybridized carbons (Fsp3) is 0.182. The molecule has 1 aromatic carbocycles. The highest BCUT2D eigenvalue weighted by Crippen LogP contribution is 2.26. The fourth-order valence-corrected chi connectivity index (χ4v) is 2.25. The SMILES string of the molecule is CCNc1ccnc2c(I)cc(F)cc12. The van der Waals surface area contributed by atoms with Crippen molar-refractivity contribution in [2.75, 3.05) is 11.9 Å². The lowest BCUT2D eigenvalue weighted by Crippen LogP contribution is -1.98. The zero-order valence-electron chi connectivity index (χ0n) is 8.22. The minimum absolute atomic E-state index is 0.223. The molecule has 1 heterocycles. The summed E-state index contributed by atoms with van der Waals surface area (Å²) < 4.78 is 14.1. The Balaban J connectivity index is 2.73. The van der Waals surface area contributed by atoms with Crippen molar-refractivity contribution in [3.8, 4) is 0 Å². The van der Waals surface area contributed by atoms with Crippen LogP contribution < -0.4 is 5.32 Å². The molecular formula is C11H10FIN2. The van der Waals surface area contributed by atoms with Gasteiger partial charge in [0.05, 0.1) is 5.52 Å². The molecule has 0 spiro atoms. The van der Waals surface area contributed by atoms with E-state index < -0.39 is 0 Å². The smallest absolute Gasteiger partial charge is 0.125 e. The van der Waals surface area contributed by atoms with E-state index in [-0.39, 0.29) is 5.82 Å². The highest BCUT2D eigenvalue weighted by molar-refractivity contribution is 14.1. The molecule has 0 unspecified atom stereocenters. The zero-order chi connectivity index (χ0) is 10.8.